The van der Waals surface area contributed by atoms with Crippen LogP contribution < -0.4 is 5.32 Å². The first-order valence-corrected chi connectivity index (χ1v) is 8.90. The van der Waals surface area contributed by atoms with Gasteiger partial charge in [-0.15, -0.1) is 0 Å². The molecule has 1 aromatic heterocycles. The van der Waals surface area contributed by atoms with Crippen molar-refractivity contribution < 1.29 is 14.0 Å². The van der Waals surface area contributed by atoms with E-state index in [1.807, 2.05) is 4.90 Å². The second-order valence-corrected chi connectivity index (χ2v) is 6.64. The van der Waals surface area contributed by atoms with E-state index in [1.54, 1.807) is 18.3 Å². The molecule has 1 aliphatic heterocycles. The van der Waals surface area contributed by atoms with Gasteiger partial charge in [0.1, 0.15) is 11.5 Å². The zero-order valence-corrected chi connectivity index (χ0v) is 14.6. The van der Waals surface area contributed by atoms with Gasteiger partial charge in [0, 0.05) is 26.1 Å². The molecule has 7 heteroatoms. The predicted molar refractivity (Wildman–Crippen MR) is 94.7 cm³/mol. The van der Waals surface area contributed by atoms with Gasteiger partial charge in [-0.25, -0.2) is 9.37 Å². The maximum atomic E-state index is 12.9. The second-order valence-electron chi connectivity index (χ2n) is 6.64. The van der Waals surface area contributed by atoms with Gasteiger partial charge in [-0.3, -0.25) is 9.59 Å². The Balaban J connectivity index is 1.35. The maximum absolute atomic E-state index is 12.9. The van der Waals surface area contributed by atoms with Crippen LogP contribution in [0.3, 0.4) is 0 Å². The third-order valence-electron chi connectivity index (χ3n) is 4.81. The molecule has 1 fully saturated rings. The summed E-state index contributed by atoms with van der Waals surface area (Å²) >= 11 is 0. The fourth-order valence-electron chi connectivity index (χ4n) is 3.19. The number of benzene rings is 1. The fraction of sp³-hybridized carbons (Fsp3) is 0.421. The van der Waals surface area contributed by atoms with Crippen LogP contribution in [0.5, 0.6) is 0 Å². The summed E-state index contributed by atoms with van der Waals surface area (Å²) in [6.07, 6.45) is 6.16. The lowest BCUT2D eigenvalue weighted by Gasteiger charge is -2.31. The van der Waals surface area contributed by atoms with Crippen molar-refractivity contribution in [1.29, 1.82) is 0 Å². The summed E-state index contributed by atoms with van der Waals surface area (Å²) in [6, 6.07) is 6.11. The molecule has 0 unspecified atom stereocenters. The van der Waals surface area contributed by atoms with Gasteiger partial charge in [-0.2, -0.15) is 0 Å². The van der Waals surface area contributed by atoms with Gasteiger partial charge in [-0.1, -0.05) is 12.1 Å². The molecule has 2 amide bonds. The molecule has 6 nitrogen and oxygen atoms in total. The molecule has 2 aromatic rings. The third kappa shape index (κ3) is 4.91. The Hall–Kier alpha value is -2.70. The number of hydrogen-bond acceptors (Lipinski definition) is 3. The van der Waals surface area contributed by atoms with Crippen LogP contribution in [0, 0.1) is 11.7 Å². The molecule has 1 saturated heterocycles. The summed E-state index contributed by atoms with van der Waals surface area (Å²) in [5.41, 5.74) is 1.40. The fourth-order valence-corrected chi connectivity index (χ4v) is 3.19. The first-order chi connectivity index (χ1) is 12.6. The van der Waals surface area contributed by atoms with Gasteiger partial charge in [0.25, 0.3) is 5.91 Å². The number of nitrogens with zero attached hydrogens (tertiary/aromatic N) is 2. The Labute approximate surface area is 151 Å². The van der Waals surface area contributed by atoms with Gasteiger partial charge < -0.3 is 15.2 Å². The summed E-state index contributed by atoms with van der Waals surface area (Å²) < 4.78 is 12.9. The maximum Gasteiger partial charge on any atom is 0.271 e. The normalized spacial score (nSPS) is 15.0. The van der Waals surface area contributed by atoms with Crippen LogP contribution in [0.2, 0.25) is 0 Å². The van der Waals surface area contributed by atoms with Crippen molar-refractivity contribution in [1.82, 2.24) is 20.2 Å². The number of H-pyrrole nitrogens is 1. The molecule has 0 saturated carbocycles. The number of rotatable bonds is 6. The molecule has 1 aliphatic rings. The average molecular weight is 358 g/mol. The van der Waals surface area contributed by atoms with Gasteiger partial charge >= 0.3 is 0 Å². The molecule has 26 heavy (non-hydrogen) atoms. The first kappa shape index (κ1) is 18.1. The Morgan fingerprint density at radius 2 is 1.96 bits per heavy atom. The molecule has 0 spiro atoms. The molecule has 1 aromatic carbocycles. The van der Waals surface area contributed by atoms with Gasteiger partial charge in [0.05, 0.1) is 12.5 Å². The van der Waals surface area contributed by atoms with Gasteiger partial charge in [0.2, 0.25) is 5.91 Å². The van der Waals surface area contributed by atoms with Crippen LogP contribution >= 0.6 is 0 Å². The number of piperidine rings is 1. The van der Waals surface area contributed by atoms with E-state index in [0.29, 0.717) is 37.7 Å². The SMILES string of the molecule is O=C(CCC1CCN(C(=O)c2cnc[nH]2)CC1)NCc1ccc(F)cc1. The number of carbonyl (C=O) groups is 2. The Morgan fingerprint density at radius 3 is 2.62 bits per heavy atom. The number of amides is 2. The van der Waals surface area contributed by atoms with E-state index in [1.165, 1.54) is 18.5 Å². The number of imidazole rings is 1. The van der Waals surface area contributed by atoms with Crippen molar-refractivity contribution in [2.24, 2.45) is 5.92 Å². The van der Waals surface area contributed by atoms with E-state index in [4.69, 9.17) is 0 Å². The smallest absolute Gasteiger partial charge is 0.271 e. The lowest BCUT2D eigenvalue weighted by molar-refractivity contribution is -0.121. The minimum atomic E-state index is -0.280. The molecule has 0 aliphatic carbocycles. The number of nitrogens with one attached hydrogen (secondary N) is 2. The van der Waals surface area contributed by atoms with E-state index in [9.17, 15) is 14.0 Å². The summed E-state index contributed by atoms with van der Waals surface area (Å²) in [5, 5.41) is 2.87. The summed E-state index contributed by atoms with van der Waals surface area (Å²) in [5.74, 6) is 0.165. The van der Waals surface area contributed by atoms with Gasteiger partial charge in [-0.05, 0) is 42.9 Å². The molecule has 2 N–H and O–H groups in total. The lowest BCUT2D eigenvalue weighted by atomic mass is 9.92. The topological polar surface area (TPSA) is 78.1 Å². The molecule has 138 valence electrons. The minimum Gasteiger partial charge on any atom is -0.352 e. The average Bonchev–Trinajstić information content (AvgIpc) is 3.20. The Kier molecular flexibility index (Phi) is 5.99. The van der Waals surface area contributed by atoms with Crippen molar-refractivity contribution in [2.45, 2.75) is 32.2 Å². The molecular formula is C19H23FN4O2. The summed E-state index contributed by atoms with van der Waals surface area (Å²) in [6.45, 7) is 1.83. The molecular weight excluding hydrogens is 335 g/mol. The standard InChI is InChI=1S/C19H23FN4O2/c20-16-4-1-15(2-5-16)11-22-18(25)6-3-14-7-9-24(10-8-14)19(26)17-12-21-13-23-17/h1-2,4-5,12-14H,3,6-11H2,(H,21,23)(H,22,25). The summed E-state index contributed by atoms with van der Waals surface area (Å²) in [4.78, 5) is 32.8. The molecule has 0 bridgehead atoms. The first-order valence-electron chi connectivity index (χ1n) is 8.90. The third-order valence-corrected chi connectivity index (χ3v) is 4.81. The molecule has 0 atom stereocenters. The Morgan fingerprint density at radius 1 is 1.23 bits per heavy atom. The lowest BCUT2D eigenvalue weighted by Crippen LogP contribution is -2.38. The van der Waals surface area contributed by atoms with Crippen LogP contribution in [0.15, 0.2) is 36.8 Å². The van der Waals surface area contributed by atoms with Crippen LogP contribution in [0.25, 0.3) is 0 Å². The van der Waals surface area contributed by atoms with Crippen molar-refractivity contribution in [3.8, 4) is 0 Å². The highest BCUT2D eigenvalue weighted by Gasteiger charge is 2.24. The Bertz CT molecular complexity index is 723. The number of likely N-dealkylation sites (tertiary alicyclic amines) is 1. The van der Waals surface area contributed by atoms with E-state index in [2.05, 4.69) is 15.3 Å². The van der Waals surface area contributed by atoms with E-state index in [0.717, 1.165) is 24.8 Å². The van der Waals surface area contributed by atoms with Crippen molar-refractivity contribution in [3.63, 3.8) is 0 Å². The van der Waals surface area contributed by atoms with Crippen molar-refractivity contribution >= 4 is 11.8 Å². The minimum absolute atomic E-state index is 0.00490. The second kappa shape index (κ2) is 8.60. The van der Waals surface area contributed by atoms with Crippen molar-refractivity contribution in [2.75, 3.05) is 13.1 Å². The summed E-state index contributed by atoms with van der Waals surface area (Å²) in [7, 11) is 0. The monoisotopic (exact) mass is 358 g/mol. The largest absolute Gasteiger partial charge is 0.352 e. The van der Waals surface area contributed by atoms with E-state index >= 15 is 0 Å². The van der Waals surface area contributed by atoms with Crippen LogP contribution in [-0.2, 0) is 11.3 Å². The highest BCUT2D eigenvalue weighted by atomic mass is 19.1. The van der Waals surface area contributed by atoms with Gasteiger partial charge in [0.15, 0.2) is 0 Å². The molecule has 3 rings (SSSR count). The zero-order chi connectivity index (χ0) is 18.4. The number of hydrogen-bond donors (Lipinski definition) is 2. The molecule has 0 radical (unpaired) electrons. The number of carbonyl (C=O) groups excluding carboxylic acids is 2. The van der Waals surface area contributed by atoms with Crippen molar-refractivity contribution in [3.05, 3.63) is 53.9 Å². The molecule has 2 heterocycles. The highest BCUT2D eigenvalue weighted by Crippen LogP contribution is 2.22. The van der Waals surface area contributed by atoms with Crippen LogP contribution in [0.4, 0.5) is 4.39 Å². The predicted octanol–water partition coefficient (Wildman–Crippen LogP) is 2.50. The van der Waals surface area contributed by atoms with Crippen LogP contribution in [0.1, 0.15) is 41.7 Å². The number of aromatic amines is 1. The van der Waals surface area contributed by atoms with Crippen LogP contribution in [-0.4, -0.2) is 39.8 Å². The quantitative estimate of drug-likeness (QED) is 0.833. The van der Waals surface area contributed by atoms with E-state index < -0.39 is 0 Å². The highest BCUT2D eigenvalue weighted by molar-refractivity contribution is 5.92. The van der Waals surface area contributed by atoms with E-state index in [-0.39, 0.29) is 17.6 Å². The number of aromatic nitrogens is 2. The number of halogens is 1. The zero-order valence-electron chi connectivity index (χ0n) is 14.6.